The zero-order valence-electron chi connectivity index (χ0n) is 13.0. The van der Waals surface area contributed by atoms with Gasteiger partial charge in [-0.25, -0.2) is 4.79 Å². The minimum atomic E-state index is -0.613. The van der Waals surface area contributed by atoms with E-state index in [1.807, 2.05) is 36.4 Å². The molecule has 22 heavy (non-hydrogen) atoms. The Labute approximate surface area is 132 Å². The molecule has 0 saturated carbocycles. The summed E-state index contributed by atoms with van der Waals surface area (Å²) in [5.74, 6) is -0.319. The molecular formula is C18H24O4. The predicted molar refractivity (Wildman–Crippen MR) is 86.3 cm³/mol. The Morgan fingerprint density at radius 2 is 1.95 bits per heavy atom. The lowest BCUT2D eigenvalue weighted by molar-refractivity contribution is -0.137. The minimum absolute atomic E-state index is 0.268. The quantitative estimate of drug-likeness (QED) is 0.312. The van der Waals surface area contributed by atoms with Crippen molar-refractivity contribution in [1.29, 1.82) is 0 Å². The summed E-state index contributed by atoms with van der Waals surface area (Å²) in [4.78, 5) is 11.0. The summed E-state index contributed by atoms with van der Waals surface area (Å²) in [5.41, 5.74) is 1.09. The summed E-state index contributed by atoms with van der Waals surface area (Å²) < 4.78 is 10.2. The predicted octanol–water partition coefficient (Wildman–Crippen LogP) is 3.02. The number of ether oxygens (including phenoxy) is 2. The number of esters is 1. The maximum atomic E-state index is 11.0. The highest BCUT2D eigenvalue weighted by molar-refractivity contribution is 5.81. The number of benzene rings is 1. The molecule has 4 nitrogen and oxygen atoms in total. The number of aliphatic hydroxyl groups is 1. The van der Waals surface area contributed by atoms with Crippen LogP contribution in [0, 0.1) is 0 Å². The molecule has 1 rings (SSSR count). The van der Waals surface area contributed by atoms with E-state index < -0.39 is 6.10 Å². The molecule has 0 heterocycles. The average molecular weight is 304 g/mol. The molecule has 0 aliphatic rings. The second-order valence-corrected chi connectivity index (χ2v) is 4.73. The van der Waals surface area contributed by atoms with E-state index in [2.05, 4.69) is 0 Å². The number of aliphatic hydroxyl groups excluding tert-OH is 1. The van der Waals surface area contributed by atoms with Crippen molar-refractivity contribution in [3.05, 3.63) is 60.2 Å². The summed E-state index contributed by atoms with van der Waals surface area (Å²) in [7, 11) is 0. The van der Waals surface area contributed by atoms with Gasteiger partial charge in [-0.3, -0.25) is 0 Å². The number of hydrogen-bond donors (Lipinski definition) is 1. The van der Waals surface area contributed by atoms with Crippen molar-refractivity contribution in [3.8, 4) is 0 Å². The lowest BCUT2D eigenvalue weighted by Crippen LogP contribution is -2.12. The van der Waals surface area contributed by atoms with Crippen LogP contribution in [0.2, 0.25) is 0 Å². The zero-order valence-corrected chi connectivity index (χ0v) is 13.0. The highest BCUT2D eigenvalue weighted by atomic mass is 16.5. The van der Waals surface area contributed by atoms with E-state index in [9.17, 15) is 9.90 Å². The molecule has 1 unspecified atom stereocenters. The van der Waals surface area contributed by atoms with Crippen LogP contribution < -0.4 is 0 Å². The Hall–Kier alpha value is -1.91. The largest absolute Gasteiger partial charge is 0.463 e. The normalized spacial score (nSPS) is 12.8. The van der Waals surface area contributed by atoms with Gasteiger partial charge >= 0.3 is 5.97 Å². The van der Waals surface area contributed by atoms with Gasteiger partial charge in [0.25, 0.3) is 0 Å². The summed E-state index contributed by atoms with van der Waals surface area (Å²) >= 11 is 0. The number of allylic oxidation sites excluding steroid dienone is 2. The van der Waals surface area contributed by atoms with Gasteiger partial charge in [0, 0.05) is 6.08 Å². The van der Waals surface area contributed by atoms with E-state index in [-0.39, 0.29) is 12.6 Å². The van der Waals surface area contributed by atoms with Crippen LogP contribution in [0.4, 0.5) is 0 Å². The highest BCUT2D eigenvalue weighted by Gasteiger charge is 1.99. The second-order valence-electron chi connectivity index (χ2n) is 4.73. The maximum absolute atomic E-state index is 11.0. The Bertz CT molecular complexity index is 465. The van der Waals surface area contributed by atoms with Gasteiger partial charge in [-0.05, 0) is 25.3 Å². The molecule has 0 amide bonds. The molecule has 0 spiro atoms. The fourth-order valence-electron chi connectivity index (χ4n) is 1.74. The standard InChI is InChI=1S/C18H24O4/c1-2-22-18(20)13-9-4-3-8-12-17(19)15-21-14-16-10-6-5-7-11-16/h5-13,17,19H,2-4,14-15H2,1H3/b12-8+,13-9+. The van der Waals surface area contributed by atoms with E-state index in [4.69, 9.17) is 9.47 Å². The lowest BCUT2D eigenvalue weighted by Gasteiger charge is -2.07. The average Bonchev–Trinajstić information content (AvgIpc) is 2.52. The maximum Gasteiger partial charge on any atom is 0.330 e. The molecule has 0 fully saturated rings. The van der Waals surface area contributed by atoms with Gasteiger partial charge in [-0.1, -0.05) is 48.6 Å². The van der Waals surface area contributed by atoms with Gasteiger partial charge in [0.2, 0.25) is 0 Å². The molecule has 1 N–H and O–H groups in total. The number of rotatable bonds is 10. The fraction of sp³-hybridized carbons (Fsp3) is 0.389. The van der Waals surface area contributed by atoms with Crippen molar-refractivity contribution in [1.82, 2.24) is 0 Å². The van der Waals surface area contributed by atoms with Crippen LogP contribution in [0.5, 0.6) is 0 Å². The summed E-state index contributed by atoms with van der Waals surface area (Å²) in [5, 5.41) is 9.74. The molecule has 4 heteroatoms. The summed E-state index contributed by atoms with van der Waals surface area (Å²) in [6, 6.07) is 9.84. The lowest BCUT2D eigenvalue weighted by atomic mass is 10.2. The topological polar surface area (TPSA) is 55.8 Å². The summed E-state index contributed by atoms with van der Waals surface area (Å²) in [6.45, 7) is 2.92. The molecule has 1 aromatic carbocycles. The third-order valence-corrected chi connectivity index (χ3v) is 2.80. The van der Waals surface area contributed by atoms with E-state index in [0.29, 0.717) is 13.2 Å². The molecular weight excluding hydrogens is 280 g/mol. The van der Waals surface area contributed by atoms with Gasteiger partial charge in [-0.15, -0.1) is 0 Å². The van der Waals surface area contributed by atoms with Crippen molar-refractivity contribution >= 4 is 5.97 Å². The van der Waals surface area contributed by atoms with Crippen LogP contribution in [0.3, 0.4) is 0 Å². The van der Waals surface area contributed by atoms with E-state index >= 15 is 0 Å². The van der Waals surface area contributed by atoms with E-state index in [1.165, 1.54) is 6.08 Å². The molecule has 0 aliphatic heterocycles. The van der Waals surface area contributed by atoms with E-state index in [1.54, 1.807) is 19.1 Å². The molecule has 120 valence electrons. The Morgan fingerprint density at radius 1 is 1.23 bits per heavy atom. The van der Waals surface area contributed by atoms with Gasteiger partial charge in [0.15, 0.2) is 0 Å². The van der Waals surface area contributed by atoms with Crippen LogP contribution in [0.25, 0.3) is 0 Å². The third kappa shape index (κ3) is 9.10. The van der Waals surface area contributed by atoms with Crippen molar-refractivity contribution in [2.75, 3.05) is 13.2 Å². The number of carbonyl (C=O) groups is 1. The van der Waals surface area contributed by atoms with Gasteiger partial charge < -0.3 is 14.6 Å². The van der Waals surface area contributed by atoms with Crippen LogP contribution in [0.15, 0.2) is 54.6 Å². The first-order chi connectivity index (χ1) is 10.7. The highest BCUT2D eigenvalue weighted by Crippen LogP contribution is 2.02. The number of unbranched alkanes of at least 4 members (excludes halogenated alkanes) is 1. The molecule has 0 aromatic heterocycles. The SMILES string of the molecule is CCOC(=O)/C=C/CC/C=C/C(O)COCc1ccccc1. The first-order valence-electron chi connectivity index (χ1n) is 7.52. The molecule has 0 bridgehead atoms. The van der Waals surface area contributed by atoms with E-state index in [0.717, 1.165) is 18.4 Å². The molecule has 1 atom stereocenters. The Kier molecular flexibility index (Phi) is 9.66. The van der Waals surface area contributed by atoms with Crippen molar-refractivity contribution in [2.24, 2.45) is 0 Å². The van der Waals surface area contributed by atoms with Gasteiger partial charge in [0.1, 0.15) is 0 Å². The smallest absolute Gasteiger partial charge is 0.330 e. The number of carbonyl (C=O) groups excluding carboxylic acids is 1. The van der Waals surface area contributed by atoms with Gasteiger partial charge in [0.05, 0.1) is 25.9 Å². The first kappa shape index (κ1) is 18.1. The number of hydrogen-bond acceptors (Lipinski definition) is 4. The zero-order chi connectivity index (χ0) is 16.0. The van der Waals surface area contributed by atoms with Crippen LogP contribution >= 0.6 is 0 Å². The third-order valence-electron chi connectivity index (χ3n) is 2.80. The molecule has 1 aromatic rings. The molecule has 0 radical (unpaired) electrons. The van der Waals surface area contributed by atoms with Crippen LogP contribution in [0.1, 0.15) is 25.3 Å². The Balaban J connectivity index is 2.09. The minimum Gasteiger partial charge on any atom is -0.463 e. The van der Waals surface area contributed by atoms with Crippen molar-refractivity contribution in [2.45, 2.75) is 32.5 Å². The van der Waals surface area contributed by atoms with Crippen LogP contribution in [-0.2, 0) is 20.9 Å². The van der Waals surface area contributed by atoms with Gasteiger partial charge in [-0.2, -0.15) is 0 Å². The first-order valence-corrected chi connectivity index (χ1v) is 7.52. The fourth-order valence-corrected chi connectivity index (χ4v) is 1.74. The van der Waals surface area contributed by atoms with Crippen molar-refractivity contribution in [3.63, 3.8) is 0 Å². The molecule has 0 saturated heterocycles. The Morgan fingerprint density at radius 3 is 2.68 bits per heavy atom. The second kappa shape index (κ2) is 11.7. The summed E-state index contributed by atoms with van der Waals surface area (Å²) in [6.07, 6.45) is 7.66. The monoisotopic (exact) mass is 304 g/mol. The molecule has 0 aliphatic carbocycles. The van der Waals surface area contributed by atoms with Crippen LogP contribution in [-0.4, -0.2) is 30.4 Å². The van der Waals surface area contributed by atoms with Crippen molar-refractivity contribution < 1.29 is 19.4 Å².